The van der Waals surface area contributed by atoms with Crippen LogP contribution in [0.2, 0.25) is 0 Å². The van der Waals surface area contributed by atoms with E-state index in [-0.39, 0.29) is 22.7 Å². The number of methoxy groups -OCH3 is 1. The van der Waals surface area contributed by atoms with E-state index in [4.69, 9.17) is 4.74 Å². The van der Waals surface area contributed by atoms with Crippen molar-refractivity contribution >= 4 is 22.8 Å². The number of nitrogens with zero attached hydrogens (tertiary/aromatic N) is 1. The number of carboxylic acids is 1. The summed E-state index contributed by atoms with van der Waals surface area (Å²) in [4.78, 5) is 25.4. The molecule has 0 bridgehead atoms. The van der Waals surface area contributed by atoms with Gasteiger partial charge in [0.05, 0.1) is 18.5 Å². The molecule has 1 N–H and O–H groups in total. The monoisotopic (exact) mass is 415 g/mol. The fourth-order valence-electron chi connectivity index (χ4n) is 3.86. The Hall–Kier alpha value is -3.22. The molecule has 7 heteroatoms. The van der Waals surface area contributed by atoms with Gasteiger partial charge >= 0.3 is 5.97 Å². The third-order valence-electron chi connectivity index (χ3n) is 5.61. The number of halogens is 2. The Morgan fingerprint density at radius 2 is 1.80 bits per heavy atom. The average molecular weight is 415 g/mol. The maximum atomic E-state index is 14.5. The number of fused-ring (bicyclic) bond motifs is 1. The number of carbonyl (C=O) groups excluding carboxylic acids is 1. The molecule has 1 aromatic heterocycles. The van der Waals surface area contributed by atoms with Crippen LogP contribution in [-0.2, 0) is 4.79 Å². The van der Waals surface area contributed by atoms with Crippen LogP contribution >= 0.6 is 0 Å². The first-order chi connectivity index (χ1) is 14.2. The average Bonchev–Trinajstić information content (AvgIpc) is 2.98. The molecule has 0 saturated carbocycles. The van der Waals surface area contributed by atoms with Crippen molar-refractivity contribution < 1.29 is 28.2 Å². The van der Waals surface area contributed by atoms with E-state index >= 15 is 0 Å². The van der Waals surface area contributed by atoms with Crippen LogP contribution in [0.15, 0.2) is 36.4 Å². The van der Waals surface area contributed by atoms with Gasteiger partial charge in [-0.3, -0.25) is 14.2 Å². The van der Waals surface area contributed by atoms with E-state index in [9.17, 15) is 23.5 Å². The van der Waals surface area contributed by atoms with Gasteiger partial charge in [-0.05, 0) is 48.7 Å². The zero-order valence-corrected chi connectivity index (χ0v) is 17.2. The van der Waals surface area contributed by atoms with E-state index in [2.05, 4.69) is 0 Å². The minimum absolute atomic E-state index is 0.0385. The number of rotatable bonds is 6. The van der Waals surface area contributed by atoms with Gasteiger partial charge in [0.25, 0.3) is 5.91 Å². The molecule has 3 rings (SSSR count). The lowest BCUT2D eigenvalue weighted by molar-refractivity contribution is -0.140. The molecule has 0 spiro atoms. The molecule has 0 aliphatic heterocycles. The lowest BCUT2D eigenvalue weighted by Crippen LogP contribution is -2.21. The summed E-state index contributed by atoms with van der Waals surface area (Å²) in [6.07, 6.45) is 0.604. The summed E-state index contributed by atoms with van der Waals surface area (Å²) in [5.74, 6) is -3.83. The normalized spacial score (nSPS) is 13.3. The molecule has 30 heavy (non-hydrogen) atoms. The summed E-state index contributed by atoms with van der Waals surface area (Å²) in [5, 5.41) is 10.4. The lowest BCUT2D eigenvalue weighted by Gasteiger charge is -2.20. The van der Waals surface area contributed by atoms with Crippen LogP contribution in [0.1, 0.15) is 47.8 Å². The van der Waals surface area contributed by atoms with Gasteiger partial charge in [0, 0.05) is 22.7 Å². The van der Waals surface area contributed by atoms with Crippen LogP contribution in [0.25, 0.3) is 10.9 Å². The highest BCUT2D eigenvalue weighted by Gasteiger charge is 2.33. The number of carbonyl (C=O) groups is 2. The first kappa shape index (κ1) is 21.5. The van der Waals surface area contributed by atoms with E-state index in [1.54, 1.807) is 6.92 Å². The fourth-order valence-corrected chi connectivity index (χ4v) is 3.86. The quantitative estimate of drug-likeness (QED) is 0.605. The van der Waals surface area contributed by atoms with Crippen LogP contribution in [0, 0.1) is 24.5 Å². The Bertz CT molecular complexity index is 1120. The second kappa shape index (κ2) is 8.26. The number of aromatic nitrogens is 1. The Morgan fingerprint density at radius 3 is 2.33 bits per heavy atom. The van der Waals surface area contributed by atoms with Crippen molar-refractivity contribution in [3.8, 4) is 5.75 Å². The van der Waals surface area contributed by atoms with E-state index < -0.39 is 29.4 Å². The number of ether oxygens (including phenoxy) is 1. The minimum atomic E-state index is -1.02. The maximum Gasteiger partial charge on any atom is 0.311 e. The molecule has 1 heterocycles. The number of benzene rings is 2. The standard InChI is InChI=1S/C23H23F2NO4/c1-5-12(2)20(23(28)29)21-13(3)26(22(27)14-6-8-15(24)9-7-14)18-11-17(25)19(30-4)10-16(18)21/h6-12,20H,5H2,1-4H3,(H,28,29)/t12-,20?/m0/s1. The molecule has 3 aromatic rings. The molecule has 0 aliphatic rings. The first-order valence-electron chi connectivity index (χ1n) is 9.62. The molecule has 0 amide bonds. The van der Waals surface area contributed by atoms with Crippen molar-refractivity contribution in [3.63, 3.8) is 0 Å². The minimum Gasteiger partial charge on any atom is -0.494 e. The first-order valence-corrected chi connectivity index (χ1v) is 9.62. The Labute approximate surface area is 172 Å². The second-order valence-electron chi connectivity index (χ2n) is 7.35. The van der Waals surface area contributed by atoms with Crippen molar-refractivity contribution in [2.24, 2.45) is 5.92 Å². The van der Waals surface area contributed by atoms with E-state index in [0.717, 1.165) is 12.1 Å². The highest BCUT2D eigenvalue weighted by molar-refractivity contribution is 6.05. The molecular weight excluding hydrogens is 392 g/mol. The highest BCUT2D eigenvalue weighted by atomic mass is 19.1. The topological polar surface area (TPSA) is 68.5 Å². The summed E-state index contributed by atoms with van der Waals surface area (Å²) in [7, 11) is 1.32. The molecule has 0 radical (unpaired) electrons. The Balaban J connectivity index is 2.36. The van der Waals surface area contributed by atoms with Gasteiger partial charge in [0.15, 0.2) is 11.6 Å². The number of hydrogen-bond acceptors (Lipinski definition) is 3. The van der Waals surface area contributed by atoms with Crippen molar-refractivity contribution in [1.29, 1.82) is 0 Å². The molecular formula is C23H23F2NO4. The van der Waals surface area contributed by atoms with Gasteiger partial charge in [-0.15, -0.1) is 0 Å². The van der Waals surface area contributed by atoms with Gasteiger partial charge < -0.3 is 9.84 Å². The van der Waals surface area contributed by atoms with E-state index in [0.29, 0.717) is 23.1 Å². The predicted octanol–water partition coefficient (Wildman–Crippen LogP) is 5.14. The summed E-state index contributed by atoms with van der Waals surface area (Å²) < 4.78 is 34.2. The van der Waals surface area contributed by atoms with Gasteiger partial charge in [-0.1, -0.05) is 20.3 Å². The zero-order chi connectivity index (χ0) is 22.2. The smallest absolute Gasteiger partial charge is 0.311 e. The van der Waals surface area contributed by atoms with Crippen molar-refractivity contribution in [2.45, 2.75) is 33.1 Å². The second-order valence-corrected chi connectivity index (χ2v) is 7.35. The molecule has 0 saturated heterocycles. The molecule has 2 atom stereocenters. The predicted molar refractivity (Wildman–Crippen MR) is 109 cm³/mol. The lowest BCUT2D eigenvalue weighted by atomic mass is 9.84. The summed E-state index contributed by atoms with van der Waals surface area (Å²) in [5.41, 5.74) is 1.29. The van der Waals surface area contributed by atoms with Crippen LogP contribution in [0.3, 0.4) is 0 Å². The van der Waals surface area contributed by atoms with E-state index in [1.165, 1.54) is 35.9 Å². The van der Waals surface area contributed by atoms with Crippen LogP contribution < -0.4 is 4.74 Å². The van der Waals surface area contributed by atoms with E-state index in [1.807, 2.05) is 13.8 Å². The van der Waals surface area contributed by atoms with Crippen LogP contribution in [-0.4, -0.2) is 28.7 Å². The van der Waals surface area contributed by atoms with Crippen molar-refractivity contribution in [1.82, 2.24) is 4.57 Å². The van der Waals surface area contributed by atoms with Gasteiger partial charge in [-0.2, -0.15) is 0 Å². The SMILES string of the molecule is CC[C@H](C)C(C(=O)O)c1c(C)n(C(=O)c2ccc(F)cc2)c2cc(F)c(OC)cc12. The van der Waals surface area contributed by atoms with Crippen LogP contribution in [0.4, 0.5) is 8.78 Å². The molecule has 1 unspecified atom stereocenters. The highest BCUT2D eigenvalue weighted by Crippen LogP contribution is 2.39. The van der Waals surface area contributed by atoms with Crippen molar-refractivity contribution in [2.75, 3.05) is 7.11 Å². The number of carboxylic acid groups (broad SMARTS) is 1. The van der Waals surface area contributed by atoms with Gasteiger partial charge in [0.2, 0.25) is 0 Å². The largest absolute Gasteiger partial charge is 0.494 e. The summed E-state index contributed by atoms with van der Waals surface area (Å²) in [6, 6.07) is 7.61. The van der Waals surface area contributed by atoms with Gasteiger partial charge in [-0.25, -0.2) is 8.78 Å². The van der Waals surface area contributed by atoms with Gasteiger partial charge in [0.1, 0.15) is 5.82 Å². The molecule has 158 valence electrons. The molecule has 0 fully saturated rings. The third kappa shape index (κ3) is 3.56. The third-order valence-corrected chi connectivity index (χ3v) is 5.61. The molecule has 5 nitrogen and oxygen atoms in total. The number of aliphatic carboxylic acids is 1. The fraction of sp³-hybridized carbons (Fsp3) is 0.304. The zero-order valence-electron chi connectivity index (χ0n) is 17.2. The molecule has 0 aliphatic carbocycles. The molecule has 2 aromatic carbocycles. The maximum absolute atomic E-state index is 14.5. The Kier molecular flexibility index (Phi) is 5.92. The van der Waals surface area contributed by atoms with Crippen LogP contribution in [0.5, 0.6) is 5.75 Å². The summed E-state index contributed by atoms with van der Waals surface area (Å²) in [6.45, 7) is 5.35. The Morgan fingerprint density at radius 1 is 1.17 bits per heavy atom. The van der Waals surface area contributed by atoms with Crippen molar-refractivity contribution in [3.05, 3.63) is 64.9 Å². The summed E-state index contributed by atoms with van der Waals surface area (Å²) >= 11 is 0. The number of hydrogen-bond donors (Lipinski definition) is 1.